The van der Waals surface area contributed by atoms with Crippen LogP contribution in [-0.2, 0) is 6.54 Å². The zero-order valence-corrected chi connectivity index (χ0v) is 15.2. The lowest BCUT2D eigenvalue weighted by Crippen LogP contribution is -2.23. The minimum absolute atomic E-state index is 0.117. The molecule has 0 unspecified atom stereocenters. The number of aromatic nitrogens is 1. The van der Waals surface area contributed by atoms with Crippen molar-refractivity contribution >= 4 is 5.91 Å². The fraction of sp³-hybridized carbons (Fsp3) is 0.190. The van der Waals surface area contributed by atoms with Crippen LogP contribution in [0.4, 0.5) is 0 Å². The van der Waals surface area contributed by atoms with Gasteiger partial charge in [0.15, 0.2) is 11.5 Å². The molecule has 5 nitrogen and oxygen atoms in total. The molecule has 0 bridgehead atoms. The summed E-state index contributed by atoms with van der Waals surface area (Å²) in [6.07, 6.45) is 3.93. The summed E-state index contributed by atoms with van der Waals surface area (Å²) in [5.41, 5.74) is 3.67. The highest BCUT2D eigenvalue weighted by Gasteiger charge is 2.10. The molecular formula is C21H22N2O3. The van der Waals surface area contributed by atoms with Crippen molar-refractivity contribution in [2.75, 3.05) is 14.2 Å². The first-order valence-electron chi connectivity index (χ1n) is 8.35. The van der Waals surface area contributed by atoms with E-state index in [1.54, 1.807) is 14.2 Å². The van der Waals surface area contributed by atoms with Crippen LogP contribution in [0.2, 0.25) is 0 Å². The van der Waals surface area contributed by atoms with Crippen LogP contribution in [0.25, 0.3) is 5.69 Å². The summed E-state index contributed by atoms with van der Waals surface area (Å²) in [4.78, 5) is 12.6. The Morgan fingerprint density at radius 3 is 2.42 bits per heavy atom. The second-order valence-electron chi connectivity index (χ2n) is 5.96. The van der Waals surface area contributed by atoms with Gasteiger partial charge in [-0.2, -0.15) is 0 Å². The number of amides is 1. The van der Waals surface area contributed by atoms with Crippen molar-refractivity contribution in [3.05, 3.63) is 77.6 Å². The minimum Gasteiger partial charge on any atom is -0.493 e. The van der Waals surface area contributed by atoms with Crippen LogP contribution in [0.15, 0.2) is 60.9 Å². The summed E-state index contributed by atoms with van der Waals surface area (Å²) in [7, 11) is 3.19. The molecule has 26 heavy (non-hydrogen) atoms. The Hall–Kier alpha value is -3.21. The molecule has 3 aromatic rings. The van der Waals surface area contributed by atoms with Gasteiger partial charge in [0.25, 0.3) is 5.91 Å². The van der Waals surface area contributed by atoms with Gasteiger partial charge in [-0.3, -0.25) is 4.79 Å². The highest BCUT2D eigenvalue weighted by atomic mass is 16.5. The molecular weight excluding hydrogens is 328 g/mol. The average molecular weight is 350 g/mol. The Morgan fingerprint density at radius 1 is 1.00 bits per heavy atom. The van der Waals surface area contributed by atoms with Crippen LogP contribution >= 0.6 is 0 Å². The van der Waals surface area contributed by atoms with E-state index in [1.165, 1.54) is 0 Å². The quantitative estimate of drug-likeness (QED) is 0.737. The van der Waals surface area contributed by atoms with Crippen LogP contribution in [0.3, 0.4) is 0 Å². The lowest BCUT2D eigenvalue weighted by atomic mass is 10.1. The SMILES string of the molecule is COc1ccc(CNC(=O)c2ccc(C)c(-n3cccc3)c2)cc1OC. The number of nitrogens with zero attached hydrogens (tertiary/aromatic N) is 1. The fourth-order valence-corrected chi connectivity index (χ4v) is 2.80. The van der Waals surface area contributed by atoms with E-state index < -0.39 is 0 Å². The first kappa shape index (κ1) is 17.6. The Morgan fingerprint density at radius 2 is 1.73 bits per heavy atom. The maximum atomic E-state index is 12.6. The molecule has 134 valence electrons. The molecule has 0 aliphatic carbocycles. The van der Waals surface area contributed by atoms with E-state index in [0.717, 1.165) is 16.8 Å². The predicted octanol–water partition coefficient (Wildman–Crippen LogP) is 3.73. The molecule has 0 aliphatic rings. The summed E-state index contributed by atoms with van der Waals surface area (Å²) in [5, 5.41) is 2.95. The van der Waals surface area contributed by atoms with Gasteiger partial charge >= 0.3 is 0 Å². The van der Waals surface area contributed by atoms with Gasteiger partial charge in [-0.15, -0.1) is 0 Å². The van der Waals surface area contributed by atoms with Crippen molar-refractivity contribution < 1.29 is 14.3 Å². The van der Waals surface area contributed by atoms with E-state index in [0.29, 0.717) is 23.6 Å². The van der Waals surface area contributed by atoms with Gasteiger partial charge in [-0.1, -0.05) is 12.1 Å². The summed E-state index contributed by atoms with van der Waals surface area (Å²) in [6, 6.07) is 15.2. The number of nitrogens with one attached hydrogen (secondary N) is 1. The number of hydrogen-bond donors (Lipinski definition) is 1. The molecule has 0 radical (unpaired) electrons. The summed E-state index contributed by atoms with van der Waals surface area (Å²) >= 11 is 0. The Bertz CT molecular complexity index is 902. The predicted molar refractivity (Wildman–Crippen MR) is 101 cm³/mol. The van der Waals surface area contributed by atoms with Crippen molar-refractivity contribution in [1.82, 2.24) is 9.88 Å². The van der Waals surface area contributed by atoms with E-state index in [9.17, 15) is 4.79 Å². The Kier molecular flexibility index (Phi) is 5.27. The van der Waals surface area contributed by atoms with Gasteiger partial charge in [0.05, 0.1) is 14.2 Å². The maximum Gasteiger partial charge on any atom is 0.251 e. The van der Waals surface area contributed by atoms with Gasteiger partial charge in [0.2, 0.25) is 0 Å². The molecule has 1 heterocycles. The molecule has 1 amide bonds. The van der Waals surface area contributed by atoms with E-state index in [2.05, 4.69) is 5.32 Å². The molecule has 0 aliphatic heterocycles. The van der Waals surface area contributed by atoms with E-state index in [-0.39, 0.29) is 5.91 Å². The summed E-state index contributed by atoms with van der Waals surface area (Å²) in [6.45, 7) is 2.44. The van der Waals surface area contributed by atoms with Gasteiger partial charge < -0.3 is 19.4 Å². The zero-order chi connectivity index (χ0) is 18.5. The first-order valence-corrected chi connectivity index (χ1v) is 8.35. The van der Waals surface area contributed by atoms with Crippen molar-refractivity contribution in [1.29, 1.82) is 0 Å². The third-order valence-corrected chi connectivity index (χ3v) is 4.25. The van der Waals surface area contributed by atoms with Crippen LogP contribution in [-0.4, -0.2) is 24.7 Å². The number of benzene rings is 2. The molecule has 5 heteroatoms. The van der Waals surface area contributed by atoms with E-state index in [4.69, 9.17) is 9.47 Å². The van der Waals surface area contributed by atoms with Gasteiger partial charge in [0.1, 0.15) is 0 Å². The van der Waals surface area contributed by atoms with Gasteiger partial charge in [-0.25, -0.2) is 0 Å². The van der Waals surface area contributed by atoms with Crippen LogP contribution in [0.1, 0.15) is 21.5 Å². The maximum absolute atomic E-state index is 12.6. The highest BCUT2D eigenvalue weighted by molar-refractivity contribution is 5.94. The molecule has 0 spiro atoms. The zero-order valence-electron chi connectivity index (χ0n) is 15.2. The molecule has 0 fully saturated rings. The largest absolute Gasteiger partial charge is 0.493 e. The van der Waals surface area contributed by atoms with Crippen LogP contribution < -0.4 is 14.8 Å². The molecule has 1 N–H and O–H groups in total. The average Bonchev–Trinajstić information content (AvgIpc) is 3.20. The van der Waals surface area contributed by atoms with Crippen molar-refractivity contribution in [3.63, 3.8) is 0 Å². The Labute approximate surface area is 153 Å². The Balaban J connectivity index is 1.74. The van der Waals surface area contributed by atoms with Gasteiger partial charge in [0, 0.05) is 30.2 Å². The molecule has 0 saturated heterocycles. The monoisotopic (exact) mass is 350 g/mol. The first-order chi connectivity index (χ1) is 12.6. The topological polar surface area (TPSA) is 52.5 Å². The number of carbonyl (C=O) groups excluding carboxylic acids is 1. The fourth-order valence-electron chi connectivity index (χ4n) is 2.80. The standard InChI is InChI=1S/C21H22N2O3/c1-15-6-8-17(13-18(15)23-10-4-5-11-23)21(24)22-14-16-7-9-19(25-2)20(12-16)26-3/h4-13H,14H2,1-3H3,(H,22,24). The van der Waals surface area contributed by atoms with Crippen LogP contribution in [0, 0.1) is 6.92 Å². The third kappa shape index (κ3) is 3.72. The van der Waals surface area contributed by atoms with E-state index in [1.807, 2.05) is 72.4 Å². The minimum atomic E-state index is -0.117. The molecule has 0 atom stereocenters. The number of ether oxygens (including phenoxy) is 2. The number of aryl methyl sites for hydroxylation is 1. The highest BCUT2D eigenvalue weighted by Crippen LogP contribution is 2.27. The molecule has 2 aromatic carbocycles. The lowest BCUT2D eigenvalue weighted by Gasteiger charge is -2.12. The van der Waals surface area contributed by atoms with Gasteiger partial charge in [-0.05, 0) is 54.4 Å². The number of rotatable bonds is 6. The molecule has 1 aromatic heterocycles. The molecule has 3 rings (SSSR count). The van der Waals surface area contributed by atoms with E-state index >= 15 is 0 Å². The number of methoxy groups -OCH3 is 2. The normalized spacial score (nSPS) is 10.4. The van der Waals surface area contributed by atoms with Crippen molar-refractivity contribution in [2.45, 2.75) is 13.5 Å². The second-order valence-corrected chi connectivity index (χ2v) is 5.96. The van der Waals surface area contributed by atoms with Crippen molar-refractivity contribution in [3.8, 4) is 17.2 Å². The third-order valence-electron chi connectivity index (χ3n) is 4.25. The number of carbonyl (C=O) groups is 1. The van der Waals surface area contributed by atoms with Crippen molar-refractivity contribution in [2.24, 2.45) is 0 Å². The summed E-state index contributed by atoms with van der Waals surface area (Å²) in [5.74, 6) is 1.19. The van der Waals surface area contributed by atoms with Crippen LogP contribution in [0.5, 0.6) is 11.5 Å². The second kappa shape index (κ2) is 7.78. The number of hydrogen-bond acceptors (Lipinski definition) is 3. The summed E-state index contributed by atoms with van der Waals surface area (Å²) < 4.78 is 12.5. The smallest absolute Gasteiger partial charge is 0.251 e. The molecule has 0 saturated carbocycles. The lowest BCUT2D eigenvalue weighted by molar-refractivity contribution is 0.0951.